The Morgan fingerprint density at radius 1 is 0.466 bits per heavy atom. The lowest BCUT2D eigenvalue weighted by molar-refractivity contribution is 0.660. The Hall–Kier alpha value is -6.94. The highest BCUT2D eigenvalue weighted by atomic mass is 32.1. The molecule has 9 aromatic carbocycles. The van der Waals surface area contributed by atoms with E-state index in [9.17, 15) is 0 Å². The highest BCUT2D eigenvalue weighted by molar-refractivity contribution is 7.26. The van der Waals surface area contributed by atoms with Gasteiger partial charge in [-0.1, -0.05) is 147 Å². The average molecular weight is 759 g/mol. The van der Waals surface area contributed by atoms with Gasteiger partial charge in [0.25, 0.3) is 0 Å². The highest BCUT2D eigenvalue weighted by Crippen LogP contribution is 2.51. The molecular formula is C55H38N2S. The Balaban J connectivity index is 1.02. The van der Waals surface area contributed by atoms with Crippen molar-refractivity contribution in [2.24, 2.45) is 0 Å². The smallest absolute Gasteiger partial charge is 0.0555 e. The molecule has 0 N–H and O–H groups in total. The zero-order chi connectivity index (χ0) is 38.5. The Morgan fingerprint density at radius 3 is 2.03 bits per heavy atom. The summed E-state index contributed by atoms with van der Waals surface area (Å²) in [5.41, 5.74) is 14.8. The topological polar surface area (TPSA) is 8.17 Å². The molecule has 11 aromatic rings. The molecule has 0 atom stereocenters. The van der Waals surface area contributed by atoms with E-state index < -0.39 is 0 Å². The molecule has 0 bridgehead atoms. The predicted octanol–water partition coefficient (Wildman–Crippen LogP) is 15.7. The number of rotatable bonds is 5. The number of anilines is 3. The summed E-state index contributed by atoms with van der Waals surface area (Å²) in [6, 6.07) is 71.8. The molecule has 12 rings (SSSR count). The maximum absolute atomic E-state index is 2.45. The van der Waals surface area contributed by atoms with Gasteiger partial charge in [0.2, 0.25) is 0 Å². The first-order valence-corrected chi connectivity index (χ1v) is 20.9. The van der Waals surface area contributed by atoms with Gasteiger partial charge in [-0.25, -0.2) is 0 Å². The van der Waals surface area contributed by atoms with Crippen LogP contribution in [-0.2, 0) is 5.41 Å². The molecule has 0 amide bonds. The van der Waals surface area contributed by atoms with E-state index in [4.69, 9.17) is 0 Å². The average Bonchev–Trinajstić information content (AvgIpc) is 3.89. The van der Waals surface area contributed by atoms with Crippen molar-refractivity contribution >= 4 is 81.1 Å². The molecule has 58 heavy (non-hydrogen) atoms. The Bertz CT molecular complexity index is 3420. The van der Waals surface area contributed by atoms with Crippen molar-refractivity contribution in [3.8, 4) is 27.9 Å². The van der Waals surface area contributed by atoms with E-state index in [2.05, 4.69) is 217 Å². The minimum Gasteiger partial charge on any atom is -0.310 e. The van der Waals surface area contributed by atoms with Crippen LogP contribution in [0.4, 0.5) is 17.1 Å². The van der Waals surface area contributed by atoms with Gasteiger partial charge in [-0.2, -0.15) is 0 Å². The van der Waals surface area contributed by atoms with Crippen LogP contribution in [0.5, 0.6) is 0 Å². The first-order chi connectivity index (χ1) is 28.5. The third-order valence-electron chi connectivity index (χ3n) is 12.6. The number of thiophene rings is 1. The van der Waals surface area contributed by atoms with Crippen LogP contribution in [-0.4, -0.2) is 4.57 Å². The van der Waals surface area contributed by atoms with Gasteiger partial charge in [0.15, 0.2) is 0 Å². The number of hydrogen-bond acceptors (Lipinski definition) is 2. The largest absolute Gasteiger partial charge is 0.310 e. The van der Waals surface area contributed by atoms with Crippen molar-refractivity contribution < 1.29 is 0 Å². The van der Waals surface area contributed by atoms with Gasteiger partial charge in [-0.3, -0.25) is 0 Å². The number of aromatic nitrogens is 1. The number of para-hydroxylation sites is 1. The van der Waals surface area contributed by atoms with E-state index >= 15 is 0 Å². The van der Waals surface area contributed by atoms with Crippen molar-refractivity contribution in [2.75, 3.05) is 4.90 Å². The summed E-state index contributed by atoms with van der Waals surface area (Å²) >= 11 is 1.90. The highest BCUT2D eigenvalue weighted by Gasteiger charge is 2.35. The summed E-state index contributed by atoms with van der Waals surface area (Å²) in [5, 5.41) is 7.71. The summed E-state index contributed by atoms with van der Waals surface area (Å²) in [7, 11) is 0. The molecule has 0 saturated carbocycles. The van der Waals surface area contributed by atoms with Crippen LogP contribution in [0.15, 0.2) is 194 Å². The molecule has 2 aromatic heterocycles. The summed E-state index contributed by atoms with van der Waals surface area (Å²) in [6.07, 6.45) is 0. The van der Waals surface area contributed by atoms with E-state index in [1.54, 1.807) is 0 Å². The first-order valence-electron chi connectivity index (χ1n) is 20.1. The molecule has 3 heteroatoms. The second-order valence-electron chi connectivity index (χ2n) is 16.1. The van der Waals surface area contributed by atoms with Crippen LogP contribution in [0.1, 0.15) is 25.0 Å². The first kappa shape index (κ1) is 33.2. The molecule has 0 unspecified atom stereocenters. The SMILES string of the molecule is CC1(C)c2ccccc2-c2ccc(N(c3ccc(-c4ccc5c6c7sc8ccccc8c7ccc6n(-c6ccccc6)c5c4)cc3)c3cccc4ccccc34)cc21. The van der Waals surface area contributed by atoms with Crippen molar-refractivity contribution in [1.29, 1.82) is 0 Å². The molecule has 0 fully saturated rings. The number of fused-ring (bicyclic) bond motifs is 11. The van der Waals surface area contributed by atoms with Crippen LogP contribution in [0.25, 0.3) is 80.7 Å². The number of nitrogens with zero attached hydrogens (tertiary/aromatic N) is 2. The predicted molar refractivity (Wildman–Crippen MR) is 249 cm³/mol. The van der Waals surface area contributed by atoms with Crippen LogP contribution >= 0.6 is 11.3 Å². The standard InChI is InChI=1S/C55H38N2S/c1-55(2)47-20-10-8-18-42(47)43-30-28-40(34-48(43)55)56(49-21-12-14-36-13-6-7-17-41(36)49)39-26-23-35(24-27-39)37-25-29-46-51(33-37)57(38-15-4-3-5-16-38)50-32-31-45-44-19-9-11-22-52(44)58-54(45)53(46)50/h3-34H,1-2H3. The third kappa shape index (κ3) is 4.84. The molecule has 0 aliphatic heterocycles. The minimum absolute atomic E-state index is 0.0974. The molecule has 0 spiro atoms. The van der Waals surface area contributed by atoms with Crippen LogP contribution in [0, 0.1) is 0 Å². The molecular weight excluding hydrogens is 721 g/mol. The van der Waals surface area contributed by atoms with Gasteiger partial charge >= 0.3 is 0 Å². The molecule has 1 aliphatic rings. The van der Waals surface area contributed by atoms with Crippen LogP contribution < -0.4 is 4.90 Å². The van der Waals surface area contributed by atoms with Crippen molar-refractivity contribution in [3.05, 3.63) is 205 Å². The zero-order valence-corrected chi connectivity index (χ0v) is 33.1. The van der Waals surface area contributed by atoms with E-state index in [1.165, 1.54) is 97.5 Å². The summed E-state index contributed by atoms with van der Waals surface area (Å²) < 4.78 is 5.12. The lowest BCUT2D eigenvalue weighted by Crippen LogP contribution is -2.16. The lowest BCUT2D eigenvalue weighted by Gasteiger charge is -2.29. The second kappa shape index (κ2) is 12.5. The number of hydrogen-bond donors (Lipinski definition) is 0. The minimum atomic E-state index is -0.0974. The summed E-state index contributed by atoms with van der Waals surface area (Å²) in [4.78, 5) is 2.44. The van der Waals surface area contributed by atoms with Gasteiger partial charge in [-0.15, -0.1) is 11.3 Å². The second-order valence-corrected chi connectivity index (χ2v) is 17.2. The van der Waals surface area contributed by atoms with Gasteiger partial charge in [0.1, 0.15) is 0 Å². The fourth-order valence-electron chi connectivity index (χ4n) is 9.78. The molecule has 1 aliphatic carbocycles. The fourth-order valence-corrected chi connectivity index (χ4v) is 11.0. The van der Waals surface area contributed by atoms with E-state index in [1.807, 2.05) is 11.3 Å². The van der Waals surface area contributed by atoms with Crippen molar-refractivity contribution in [2.45, 2.75) is 19.3 Å². The number of benzene rings is 9. The maximum atomic E-state index is 2.45. The van der Waals surface area contributed by atoms with E-state index in [-0.39, 0.29) is 5.41 Å². The lowest BCUT2D eigenvalue weighted by atomic mass is 9.82. The van der Waals surface area contributed by atoms with Gasteiger partial charge in [0.05, 0.1) is 16.7 Å². The molecule has 274 valence electrons. The molecule has 0 saturated heterocycles. The Kier molecular flexibility index (Phi) is 7.18. The monoisotopic (exact) mass is 758 g/mol. The quantitative estimate of drug-likeness (QED) is 0.170. The van der Waals surface area contributed by atoms with Crippen molar-refractivity contribution in [3.63, 3.8) is 0 Å². The maximum Gasteiger partial charge on any atom is 0.0555 e. The van der Waals surface area contributed by atoms with E-state index in [0.717, 1.165) is 11.4 Å². The Labute approximate surface area is 341 Å². The third-order valence-corrected chi connectivity index (χ3v) is 13.8. The Morgan fingerprint density at radius 2 is 1.16 bits per heavy atom. The summed E-state index contributed by atoms with van der Waals surface area (Å²) in [6.45, 7) is 4.72. The van der Waals surface area contributed by atoms with Gasteiger partial charge < -0.3 is 9.47 Å². The van der Waals surface area contributed by atoms with Crippen molar-refractivity contribution in [1.82, 2.24) is 4.57 Å². The van der Waals surface area contributed by atoms with E-state index in [0.29, 0.717) is 0 Å². The normalized spacial score (nSPS) is 13.1. The van der Waals surface area contributed by atoms with Crippen LogP contribution in [0.2, 0.25) is 0 Å². The van der Waals surface area contributed by atoms with Crippen LogP contribution in [0.3, 0.4) is 0 Å². The molecule has 2 heterocycles. The van der Waals surface area contributed by atoms with Gasteiger partial charge in [-0.05, 0) is 99.4 Å². The fraction of sp³-hybridized carbons (Fsp3) is 0.0545. The zero-order valence-electron chi connectivity index (χ0n) is 32.3. The summed E-state index contributed by atoms with van der Waals surface area (Å²) in [5.74, 6) is 0. The van der Waals surface area contributed by atoms with Gasteiger partial charge in [0, 0.05) is 58.8 Å². The molecule has 0 radical (unpaired) electrons. The molecule has 2 nitrogen and oxygen atoms in total.